The number of nitrogens with zero attached hydrogens (tertiary/aromatic N) is 3. The molecule has 1 saturated heterocycles. The number of likely N-dealkylation sites (N-methyl/N-ethyl adjacent to an activating group) is 1. The summed E-state index contributed by atoms with van der Waals surface area (Å²) < 4.78 is 0. The Morgan fingerprint density at radius 3 is 2.69 bits per heavy atom. The smallest absolute Gasteiger partial charge is 0.249 e. The Hall–Kier alpha value is -2.40. The van der Waals surface area contributed by atoms with Crippen LogP contribution in [0.2, 0.25) is 0 Å². The predicted molar refractivity (Wildman–Crippen MR) is 105 cm³/mol. The molecule has 1 aliphatic heterocycles. The summed E-state index contributed by atoms with van der Waals surface area (Å²) in [4.78, 5) is 21.7. The molecule has 0 saturated carbocycles. The van der Waals surface area contributed by atoms with Crippen molar-refractivity contribution in [2.75, 3.05) is 32.5 Å². The first-order valence-corrected chi connectivity index (χ1v) is 9.18. The zero-order valence-corrected chi connectivity index (χ0v) is 15.9. The van der Waals surface area contributed by atoms with Crippen molar-refractivity contribution in [3.8, 4) is 0 Å². The van der Waals surface area contributed by atoms with Gasteiger partial charge < -0.3 is 10.2 Å². The molecule has 1 aromatic carbocycles. The van der Waals surface area contributed by atoms with Crippen molar-refractivity contribution in [3.63, 3.8) is 0 Å². The molecule has 1 unspecified atom stereocenters. The van der Waals surface area contributed by atoms with Crippen LogP contribution < -0.4 is 5.32 Å². The minimum absolute atomic E-state index is 0.129. The maximum absolute atomic E-state index is 13.1. The van der Waals surface area contributed by atoms with Crippen LogP contribution in [0, 0.1) is 6.92 Å². The maximum atomic E-state index is 13.1. The third-order valence-corrected chi connectivity index (χ3v) is 5.04. The zero-order valence-electron chi connectivity index (χ0n) is 15.9. The number of anilines is 1. The molecule has 2 aromatic rings. The molecular weight excluding hydrogens is 324 g/mol. The van der Waals surface area contributed by atoms with E-state index in [1.54, 1.807) is 4.90 Å². The number of hydrogen-bond donors (Lipinski definition) is 1. The molecule has 138 valence electrons. The van der Waals surface area contributed by atoms with Crippen molar-refractivity contribution in [1.82, 2.24) is 14.8 Å². The fraction of sp³-hybridized carbons (Fsp3) is 0.429. The molecule has 1 aliphatic rings. The van der Waals surface area contributed by atoms with E-state index >= 15 is 0 Å². The SMILES string of the molecule is Cc1cccnc1CN1CCCC(Nc2ccccc2)(C(=O)N(C)C)C1. The molecule has 0 spiro atoms. The fourth-order valence-electron chi connectivity index (χ4n) is 3.73. The van der Waals surface area contributed by atoms with Gasteiger partial charge in [0.1, 0.15) is 5.54 Å². The van der Waals surface area contributed by atoms with E-state index in [1.165, 1.54) is 5.56 Å². The highest BCUT2D eigenvalue weighted by Crippen LogP contribution is 2.28. The summed E-state index contributed by atoms with van der Waals surface area (Å²) in [5.74, 6) is 0.129. The predicted octanol–water partition coefficient (Wildman–Crippen LogP) is 2.92. The maximum Gasteiger partial charge on any atom is 0.249 e. The second-order valence-corrected chi connectivity index (χ2v) is 7.35. The number of carbonyl (C=O) groups is 1. The van der Waals surface area contributed by atoms with Crippen LogP contribution in [0.1, 0.15) is 24.1 Å². The summed E-state index contributed by atoms with van der Waals surface area (Å²) in [5.41, 5.74) is 2.66. The topological polar surface area (TPSA) is 48.5 Å². The summed E-state index contributed by atoms with van der Waals surface area (Å²) in [6.07, 6.45) is 3.65. The molecule has 1 fully saturated rings. The number of amides is 1. The molecule has 0 bridgehead atoms. The number of nitrogens with one attached hydrogen (secondary N) is 1. The molecule has 1 N–H and O–H groups in total. The van der Waals surface area contributed by atoms with Gasteiger partial charge in [0.25, 0.3) is 0 Å². The van der Waals surface area contributed by atoms with Gasteiger partial charge in [-0.1, -0.05) is 24.3 Å². The molecule has 0 radical (unpaired) electrons. The normalized spacial score (nSPS) is 20.6. The van der Waals surface area contributed by atoms with Crippen LogP contribution in [0.4, 0.5) is 5.69 Å². The lowest BCUT2D eigenvalue weighted by atomic mass is 9.86. The average molecular weight is 352 g/mol. The van der Waals surface area contributed by atoms with Gasteiger partial charge in [0.05, 0.1) is 5.69 Å². The van der Waals surface area contributed by atoms with E-state index in [4.69, 9.17) is 0 Å². The molecule has 3 rings (SSSR count). The standard InChI is InChI=1S/C21H28N4O/c1-17-9-7-13-22-19(17)15-25-14-8-12-21(16-25,20(26)24(2)3)23-18-10-5-4-6-11-18/h4-7,9-11,13,23H,8,12,14-16H2,1-3H3. The van der Waals surface area contributed by atoms with E-state index in [0.717, 1.165) is 37.3 Å². The van der Waals surface area contributed by atoms with Gasteiger partial charge in [-0.05, 0) is 50.1 Å². The third kappa shape index (κ3) is 4.05. The van der Waals surface area contributed by atoms with Gasteiger partial charge in [0.15, 0.2) is 0 Å². The van der Waals surface area contributed by atoms with Crippen molar-refractivity contribution < 1.29 is 4.79 Å². The Kier molecular flexibility index (Phi) is 5.57. The highest BCUT2D eigenvalue weighted by Gasteiger charge is 2.43. The second kappa shape index (κ2) is 7.87. The number of carbonyl (C=O) groups excluding carboxylic acids is 1. The van der Waals surface area contributed by atoms with Crippen molar-refractivity contribution in [1.29, 1.82) is 0 Å². The quantitative estimate of drug-likeness (QED) is 0.899. The van der Waals surface area contributed by atoms with Crippen LogP contribution >= 0.6 is 0 Å². The highest BCUT2D eigenvalue weighted by molar-refractivity contribution is 5.89. The zero-order chi connectivity index (χ0) is 18.6. The van der Waals surface area contributed by atoms with Crippen LogP contribution in [-0.2, 0) is 11.3 Å². The van der Waals surface area contributed by atoms with Gasteiger partial charge in [-0.2, -0.15) is 0 Å². The molecule has 26 heavy (non-hydrogen) atoms. The Morgan fingerprint density at radius 2 is 2.00 bits per heavy atom. The first-order valence-electron chi connectivity index (χ1n) is 9.18. The molecule has 1 aromatic heterocycles. The lowest BCUT2D eigenvalue weighted by molar-refractivity contribution is -0.135. The number of para-hydroxylation sites is 1. The van der Waals surface area contributed by atoms with E-state index in [-0.39, 0.29) is 5.91 Å². The first-order chi connectivity index (χ1) is 12.5. The summed E-state index contributed by atoms with van der Waals surface area (Å²) in [5, 5.41) is 3.55. The van der Waals surface area contributed by atoms with E-state index in [0.29, 0.717) is 6.54 Å². The van der Waals surface area contributed by atoms with Crippen molar-refractivity contribution in [2.24, 2.45) is 0 Å². The van der Waals surface area contributed by atoms with Gasteiger partial charge in [0, 0.05) is 39.1 Å². The lowest BCUT2D eigenvalue weighted by Crippen LogP contribution is -2.61. The fourth-order valence-corrected chi connectivity index (χ4v) is 3.73. The van der Waals surface area contributed by atoms with Crippen molar-refractivity contribution in [2.45, 2.75) is 31.8 Å². The highest BCUT2D eigenvalue weighted by atomic mass is 16.2. The number of piperidine rings is 1. The summed E-state index contributed by atoms with van der Waals surface area (Å²) in [7, 11) is 3.66. The summed E-state index contributed by atoms with van der Waals surface area (Å²) >= 11 is 0. The van der Waals surface area contributed by atoms with Crippen molar-refractivity contribution >= 4 is 11.6 Å². The van der Waals surface area contributed by atoms with Gasteiger partial charge >= 0.3 is 0 Å². The van der Waals surface area contributed by atoms with E-state index in [9.17, 15) is 4.79 Å². The van der Waals surface area contributed by atoms with Crippen LogP contribution in [0.3, 0.4) is 0 Å². The monoisotopic (exact) mass is 352 g/mol. The third-order valence-electron chi connectivity index (χ3n) is 5.04. The number of likely N-dealkylation sites (tertiary alicyclic amines) is 1. The number of benzene rings is 1. The first kappa shape index (κ1) is 18.4. The lowest BCUT2D eigenvalue weighted by Gasteiger charge is -2.44. The number of hydrogen-bond acceptors (Lipinski definition) is 4. The van der Waals surface area contributed by atoms with Crippen LogP contribution in [0.15, 0.2) is 48.7 Å². The Balaban J connectivity index is 1.84. The largest absolute Gasteiger partial charge is 0.370 e. The molecule has 0 aliphatic carbocycles. The van der Waals surface area contributed by atoms with Crippen LogP contribution in [0.5, 0.6) is 0 Å². The van der Waals surface area contributed by atoms with Crippen LogP contribution in [0.25, 0.3) is 0 Å². The van der Waals surface area contributed by atoms with Gasteiger partial charge in [-0.3, -0.25) is 14.7 Å². The number of aryl methyl sites for hydroxylation is 1. The van der Waals surface area contributed by atoms with E-state index in [2.05, 4.69) is 28.2 Å². The number of rotatable bonds is 5. The Bertz CT molecular complexity index is 747. The Morgan fingerprint density at radius 1 is 1.23 bits per heavy atom. The summed E-state index contributed by atoms with van der Waals surface area (Å²) in [6.45, 7) is 4.52. The van der Waals surface area contributed by atoms with Gasteiger partial charge in [-0.25, -0.2) is 0 Å². The minimum atomic E-state index is -0.605. The molecule has 1 amide bonds. The molecular formula is C21H28N4O. The van der Waals surface area contributed by atoms with Gasteiger partial charge in [0.2, 0.25) is 5.91 Å². The van der Waals surface area contributed by atoms with Crippen molar-refractivity contribution in [3.05, 3.63) is 59.9 Å². The Labute approximate surface area is 156 Å². The molecule has 2 heterocycles. The average Bonchev–Trinajstić information content (AvgIpc) is 2.64. The van der Waals surface area contributed by atoms with Gasteiger partial charge in [-0.15, -0.1) is 0 Å². The molecule has 1 atom stereocenters. The van der Waals surface area contributed by atoms with Crippen LogP contribution in [-0.4, -0.2) is 53.4 Å². The number of aromatic nitrogens is 1. The van der Waals surface area contributed by atoms with E-state index < -0.39 is 5.54 Å². The second-order valence-electron chi connectivity index (χ2n) is 7.35. The van der Waals surface area contributed by atoms with E-state index in [1.807, 2.05) is 56.7 Å². The molecule has 5 nitrogen and oxygen atoms in total. The number of pyridine rings is 1. The summed E-state index contributed by atoms with van der Waals surface area (Å²) in [6, 6.07) is 14.1. The molecule has 5 heteroatoms. The minimum Gasteiger partial charge on any atom is -0.370 e.